The summed E-state index contributed by atoms with van der Waals surface area (Å²) in [4.78, 5) is 0. The van der Waals surface area contributed by atoms with Crippen LogP contribution in [0.5, 0.6) is 11.5 Å². The molecule has 0 amide bonds. The molecule has 0 spiro atoms. The lowest BCUT2D eigenvalue weighted by atomic mass is 10.1. The topological polar surface area (TPSA) is 44.5 Å². The molecule has 2 aromatic rings. The van der Waals surface area contributed by atoms with Gasteiger partial charge in [-0.1, -0.05) is 35.9 Å². The molecule has 2 N–H and O–H groups in total. The van der Waals surface area contributed by atoms with Crippen molar-refractivity contribution in [2.75, 3.05) is 13.7 Å². The molecule has 0 aliphatic rings. The smallest absolute Gasteiger partial charge is 0.140 e. The highest BCUT2D eigenvalue weighted by atomic mass is 35.5. The van der Waals surface area contributed by atoms with Crippen LogP contribution in [0.25, 0.3) is 0 Å². The average Bonchev–Trinajstić information content (AvgIpc) is 2.48. The number of methoxy groups -OCH3 is 1. The molecular weight excluding hydrogens is 274 g/mol. The predicted molar refractivity (Wildman–Crippen MR) is 81.6 cm³/mol. The summed E-state index contributed by atoms with van der Waals surface area (Å²) in [5.41, 5.74) is 7.84. The summed E-state index contributed by atoms with van der Waals surface area (Å²) in [6, 6.07) is 13.3. The normalized spacial score (nSPS) is 12.0. The first-order valence-electron chi connectivity index (χ1n) is 6.41. The quantitative estimate of drug-likeness (QED) is 0.913. The van der Waals surface area contributed by atoms with E-state index in [1.54, 1.807) is 7.11 Å². The van der Waals surface area contributed by atoms with Crippen molar-refractivity contribution in [1.82, 2.24) is 0 Å². The Kier molecular flexibility index (Phi) is 4.88. The molecule has 2 rings (SSSR count). The minimum Gasteiger partial charge on any atom is -0.496 e. The Hall–Kier alpha value is -1.71. The van der Waals surface area contributed by atoms with E-state index in [0.29, 0.717) is 17.3 Å². The third kappa shape index (κ3) is 3.24. The van der Waals surface area contributed by atoms with E-state index in [1.807, 2.05) is 49.4 Å². The van der Waals surface area contributed by atoms with Gasteiger partial charge in [0.15, 0.2) is 0 Å². The lowest BCUT2D eigenvalue weighted by molar-refractivity contribution is 0.209. The highest BCUT2D eigenvalue weighted by Gasteiger charge is 2.17. The number of ether oxygens (including phenoxy) is 2. The molecule has 0 aromatic heterocycles. The predicted octanol–water partition coefficient (Wildman–Crippen LogP) is 3.74. The minimum atomic E-state index is -0.301. The van der Waals surface area contributed by atoms with E-state index in [0.717, 1.165) is 16.9 Å². The van der Waals surface area contributed by atoms with E-state index >= 15 is 0 Å². The van der Waals surface area contributed by atoms with Gasteiger partial charge in [-0.15, -0.1) is 0 Å². The van der Waals surface area contributed by atoms with Crippen molar-refractivity contribution in [1.29, 1.82) is 0 Å². The van der Waals surface area contributed by atoms with Crippen LogP contribution in [0.1, 0.15) is 17.2 Å². The van der Waals surface area contributed by atoms with E-state index < -0.39 is 0 Å². The summed E-state index contributed by atoms with van der Waals surface area (Å²) in [6.45, 7) is 2.33. The molecule has 1 atom stereocenters. The van der Waals surface area contributed by atoms with Crippen molar-refractivity contribution in [3.05, 3.63) is 58.6 Å². The van der Waals surface area contributed by atoms with Gasteiger partial charge in [-0.05, 0) is 30.7 Å². The summed E-state index contributed by atoms with van der Waals surface area (Å²) < 4.78 is 11.3. The van der Waals surface area contributed by atoms with Crippen LogP contribution in [0.2, 0.25) is 5.02 Å². The van der Waals surface area contributed by atoms with Crippen molar-refractivity contribution in [2.24, 2.45) is 5.73 Å². The Balaban J connectivity index is 2.31. The molecule has 20 heavy (non-hydrogen) atoms. The minimum absolute atomic E-state index is 0.301. The van der Waals surface area contributed by atoms with Crippen molar-refractivity contribution >= 4 is 11.6 Å². The number of rotatable bonds is 5. The van der Waals surface area contributed by atoms with Crippen molar-refractivity contribution in [2.45, 2.75) is 13.0 Å². The van der Waals surface area contributed by atoms with Crippen molar-refractivity contribution < 1.29 is 9.47 Å². The van der Waals surface area contributed by atoms with E-state index in [9.17, 15) is 0 Å². The van der Waals surface area contributed by atoms with E-state index in [4.69, 9.17) is 26.8 Å². The van der Waals surface area contributed by atoms with Crippen LogP contribution in [0, 0.1) is 6.92 Å². The SMILES string of the molecule is COc1ccccc1C(CN)Oc1cc(C)ccc1Cl. The fourth-order valence-corrected chi connectivity index (χ4v) is 2.19. The molecule has 2 aromatic carbocycles. The molecule has 1 unspecified atom stereocenters. The van der Waals surface area contributed by atoms with Gasteiger partial charge in [-0.3, -0.25) is 0 Å². The van der Waals surface area contributed by atoms with Gasteiger partial charge in [-0.25, -0.2) is 0 Å². The van der Waals surface area contributed by atoms with Gasteiger partial charge >= 0.3 is 0 Å². The Morgan fingerprint density at radius 1 is 1.15 bits per heavy atom. The molecule has 0 bridgehead atoms. The van der Waals surface area contributed by atoms with Gasteiger partial charge in [0.25, 0.3) is 0 Å². The number of nitrogens with two attached hydrogens (primary N) is 1. The molecule has 0 saturated carbocycles. The first kappa shape index (κ1) is 14.7. The maximum absolute atomic E-state index is 6.16. The molecular formula is C16H18ClNO2. The van der Waals surface area contributed by atoms with Crippen LogP contribution < -0.4 is 15.2 Å². The van der Waals surface area contributed by atoms with E-state index in [1.165, 1.54) is 0 Å². The van der Waals surface area contributed by atoms with E-state index in [2.05, 4.69) is 0 Å². The molecule has 0 aliphatic carbocycles. The number of hydrogen-bond donors (Lipinski definition) is 1. The van der Waals surface area contributed by atoms with Gasteiger partial charge in [0.05, 0.1) is 12.1 Å². The zero-order valence-electron chi connectivity index (χ0n) is 11.6. The summed E-state index contributed by atoms with van der Waals surface area (Å²) >= 11 is 6.16. The molecule has 106 valence electrons. The van der Waals surface area contributed by atoms with Gasteiger partial charge in [0.2, 0.25) is 0 Å². The zero-order valence-corrected chi connectivity index (χ0v) is 12.4. The number of halogens is 1. The van der Waals surface area contributed by atoms with Crippen LogP contribution in [0.3, 0.4) is 0 Å². The van der Waals surface area contributed by atoms with Gasteiger partial charge in [0, 0.05) is 12.1 Å². The molecule has 0 radical (unpaired) electrons. The number of benzene rings is 2. The maximum atomic E-state index is 6.16. The summed E-state index contributed by atoms with van der Waals surface area (Å²) in [5.74, 6) is 1.39. The van der Waals surface area contributed by atoms with Crippen LogP contribution in [0.4, 0.5) is 0 Å². The van der Waals surface area contributed by atoms with E-state index in [-0.39, 0.29) is 6.10 Å². The van der Waals surface area contributed by atoms with Gasteiger partial charge in [0.1, 0.15) is 17.6 Å². The lowest BCUT2D eigenvalue weighted by Crippen LogP contribution is -2.19. The first-order chi connectivity index (χ1) is 9.65. The Bertz CT molecular complexity index is 586. The van der Waals surface area contributed by atoms with Crippen LogP contribution in [-0.4, -0.2) is 13.7 Å². The molecule has 4 heteroatoms. The van der Waals surface area contributed by atoms with Crippen molar-refractivity contribution in [3.8, 4) is 11.5 Å². The number of para-hydroxylation sites is 1. The second-order valence-corrected chi connectivity index (χ2v) is 4.93. The summed E-state index contributed by atoms with van der Waals surface area (Å²) in [6.07, 6.45) is -0.301. The summed E-state index contributed by atoms with van der Waals surface area (Å²) in [5, 5.41) is 0.573. The second-order valence-electron chi connectivity index (χ2n) is 4.52. The van der Waals surface area contributed by atoms with Crippen LogP contribution >= 0.6 is 11.6 Å². The lowest BCUT2D eigenvalue weighted by Gasteiger charge is -2.21. The molecule has 0 aliphatic heterocycles. The monoisotopic (exact) mass is 291 g/mol. The van der Waals surface area contributed by atoms with Gasteiger partial charge < -0.3 is 15.2 Å². The highest BCUT2D eigenvalue weighted by molar-refractivity contribution is 6.32. The van der Waals surface area contributed by atoms with Crippen LogP contribution in [-0.2, 0) is 0 Å². The van der Waals surface area contributed by atoms with Crippen molar-refractivity contribution in [3.63, 3.8) is 0 Å². The second kappa shape index (κ2) is 6.64. The zero-order chi connectivity index (χ0) is 14.5. The maximum Gasteiger partial charge on any atom is 0.140 e. The standard InChI is InChI=1S/C16H18ClNO2/c1-11-7-8-13(17)15(9-11)20-16(10-18)12-5-3-4-6-14(12)19-2/h3-9,16H,10,18H2,1-2H3. The Labute approximate surface area is 124 Å². The summed E-state index contributed by atoms with van der Waals surface area (Å²) in [7, 11) is 1.63. The first-order valence-corrected chi connectivity index (χ1v) is 6.79. The molecule has 0 saturated heterocycles. The fourth-order valence-electron chi connectivity index (χ4n) is 2.03. The van der Waals surface area contributed by atoms with Crippen LogP contribution in [0.15, 0.2) is 42.5 Å². The third-order valence-corrected chi connectivity index (χ3v) is 3.37. The highest BCUT2D eigenvalue weighted by Crippen LogP contribution is 2.32. The number of hydrogen-bond acceptors (Lipinski definition) is 3. The average molecular weight is 292 g/mol. The Morgan fingerprint density at radius 2 is 1.90 bits per heavy atom. The fraction of sp³-hybridized carbons (Fsp3) is 0.250. The number of aryl methyl sites for hydroxylation is 1. The molecule has 0 heterocycles. The Morgan fingerprint density at radius 3 is 2.60 bits per heavy atom. The molecule has 3 nitrogen and oxygen atoms in total. The largest absolute Gasteiger partial charge is 0.496 e. The molecule has 0 fully saturated rings. The third-order valence-electron chi connectivity index (χ3n) is 3.06. The van der Waals surface area contributed by atoms with Gasteiger partial charge in [-0.2, -0.15) is 0 Å².